The van der Waals surface area contributed by atoms with Gasteiger partial charge in [0.2, 0.25) is 0 Å². The van der Waals surface area contributed by atoms with E-state index in [-0.39, 0.29) is 11.9 Å². The summed E-state index contributed by atoms with van der Waals surface area (Å²) >= 11 is 0. The first-order valence-electron chi connectivity index (χ1n) is 9.70. The lowest BCUT2D eigenvalue weighted by atomic mass is 9.88. The SMILES string of the molecule is CCCCOc1ccc(C2CCC(c3ccc(C)c(C)c3F)OC2)cc1. The molecule has 140 valence electrons. The zero-order chi connectivity index (χ0) is 18.5. The molecule has 0 aromatic heterocycles. The smallest absolute Gasteiger partial charge is 0.132 e. The fourth-order valence-electron chi connectivity index (χ4n) is 3.48. The Kier molecular flexibility index (Phi) is 6.31. The van der Waals surface area contributed by atoms with E-state index in [4.69, 9.17) is 9.47 Å². The molecule has 3 rings (SSSR count). The van der Waals surface area contributed by atoms with Gasteiger partial charge < -0.3 is 9.47 Å². The van der Waals surface area contributed by atoms with Crippen LogP contribution in [0.25, 0.3) is 0 Å². The van der Waals surface area contributed by atoms with Crippen LogP contribution in [0.15, 0.2) is 36.4 Å². The molecule has 0 spiro atoms. The lowest BCUT2D eigenvalue weighted by Gasteiger charge is -2.30. The normalized spacial score (nSPS) is 20.2. The van der Waals surface area contributed by atoms with E-state index in [1.165, 1.54) is 5.56 Å². The molecule has 3 heteroatoms. The number of aryl methyl sites for hydroxylation is 1. The van der Waals surface area contributed by atoms with Crippen molar-refractivity contribution in [2.45, 2.75) is 58.5 Å². The second-order valence-corrected chi connectivity index (χ2v) is 7.28. The van der Waals surface area contributed by atoms with Crippen LogP contribution in [0, 0.1) is 19.7 Å². The van der Waals surface area contributed by atoms with Crippen LogP contribution in [0.2, 0.25) is 0 Å². The molecule has 2 atom stereocenters. The van der Waals surface area contributed by atoms with Gasteiger partial charge >= 0.3 is 0 Å². The molecule has 1 fully saturated rings. The Morgan fingerprint density at radius 1 is 1.08 bits per heavy atom. The van der Waals surface area contributed by atoms with Gasteiger partial charge in [-0.15, -0.1) is 0 Å². The predicted molar refractivity (Wildman–Crippen MR) is 103 cm³/mol. The number of halogens is 1. The number of hydrogen-bond donors (Lipinski definition) is 0. The molecule has 0 amide bonds. The van der Waals surface area contributed by atoms with E-state index in [0.717, 1.165) is 49.2 Å². The quantitative estimate of drug-likeness (QED) is 0.569. The number of benzene rings is 2. The van der Waals surface area contributed by atoms with Gasteiger partial charge in [0.15, 0.2) is 0 Å². The van der Waals surface area contributed by atoms with Gasteiger partial charge in [-0.1, -0.05) is 37.6 Å². The fraction of sp³-hybridized carbons (Fsp3) is 0.478. The number of hydrogen-bond acceptors (Lipinski definition) is 2. The summed E-state index contributed by atoms with van der Waals surface area (Å²) in [6, 6.07) is 12.2. The summed E-state index contributed by atoms with van der Waals surface area (Å²) in [6.07, 6.45) is 3.93. The molecule has 1 aliphatic heterocycles. The monoisotopic (exact) mass is 356 g/mol. The maximum absolute atomic E-state index is 14.5. The van der Waals surface area contributed by atoms with Crippen LogP contribution in [0.3, 0.4) is 0 Å². The van der Waals surface area contributed by atoms with E-state index in [1.807, 2.05) is 38.1 Å². The van der Waals surface area contributed by atoms with Crippen molar-refractivity contribution in [3.63, 3.8) is 0 Å². The average molecular weight is 356 g/mol. The summed E-state index contributed by atoms with van der Waals surface area (Å²) < 4.78 is 26.3. The van der Waals surface area contributed by atoms with Gasteiger partial charge in [0, 0.05) is 11.5 Å². The Labute approximate surface area is 156 Å². The molecule has 2 nitrogen and oxygen atoms in total. The Bertz CT molecular complexity index is 716. The number of ether oxygens (including phenoxy) is 2. The Balaban J connectivity index is 1.59. The minimum absolute atomic E-state index is 0.109. The van der Waals surface area contributed by atoms with E-state index < -0.39 is 0 Å². The first-order valence-corrected chi connectivity index (χ1v) is 9.70. The first-order chi connectivity index (χ1) is 12.6. The highest BCUT2D eigenvalue weighted by atomic mass is 19.1. The third-order valence-corrected chi connectivity index (χ3v) is 5.43. The summed E-state index contributed by atoms with van der Waals surface area (Å²) in [7, 11) is 0. The van der Waals surface area contributed by atoms with Crippen LogP contribution in [0.5, 0.6) is 5.75 Å². The molecule has 0 bridgehead atoms. The second kappa shape index (κ2) is 8.68. The summed E-state index contributed by atoms with van der Waals surface area (Å²) in [5.74, 6) is 1.18. The van der Waals surface area contributed by atoms with Crippen molar-refractivity contribution in [2.24, 2.45) is 0 Å². The molecular weight excluding hydrogens is 327 g/mol. The molecule has 2 aromatic rings. The van der Waals surface area contributed by atoms with Crippen molar-refractivity contribution in [1.82, 2.24) is 0 Å². The minimum atomic E-state index is -0.137. The number of rotatable bonds is 6. The third kappa shape index (κ3) is 4.27. The van der Waals surface area contributed by atoms with E-state index in [0.29, 0.717) is 18.1 Å². The van der Waals surface area contributed by atoms with Gasteiger partial charge in [-0.05, 0) is 61.9 Å². The van der Waals surface area contributed by atoms with Crippen LogP contribution in [-0.4, -0.2) is 13.2 Å². The van der Waals surface area contributed by atoms with Crippen molar-refractivity contribution >= 4 is 0 Å². The van der Waals surface area contributed by atoms with Crippen molar-refractivity contribution in [3.8, 4) is 5.75 Å². The largest absolute Gasteiger partial charge is 0.494 e. The van der Waals surface area contributed by atoms with E-state index >= 15 is 0 Å². The predicted octanol–water partition coefficient (Wildman–Crippen LogP) is 6.26. The number of unbranched alkanes of at least 4 members (excludes halogenated alkanes) is 1. The van der Waals surface area contributed by atoms with E-state index in [2.05, 4.69) is 19.1 Å². The van der Waals surface area contributed by atoms with Gasteiger partial charge in [0.05, 0.1) is 19.3 Å². The van der Waals surface area contributed by atoms with Gasteiger partial charge in [-0.3, -0.25) is 0 Å². The van der Waals surface area contributed by atoms with Crippen LogP contribution in [-0.2, 0) is 4.74 Å². The molecule has 1 saturated heterocycles. The molecule has 0 radical (unpaired) electrons. The van der Waals surface area contributed by atoms with Gasteiger partial charge in [0.1, 0.15) is 11.6 Å². The molecule has 2 unspecified atom stereocenters. The molecule has 1 aliphatic rings. The molecular formula is C23H29FO2. The van der Waals surface area contributed by atoms with Gasteiger partial charge in [-0.25, -0.2) is 4.39 Å². The zero-order valence-electron chi connectivity index (χ0n) is 16.1. The highest BCUT2D eigenvalue weighted by molar-refractivity contribution is 5.34. The first kappa shape index (κ1) is 18.9. The lowest BCUT2D eigenvalue weighted by molar-refractivity contribution is 0.000344. The molecule has 1 heterocycles. The maximum Gasteiger partial charge on any atom is 0.132 e. The standard InChI is InChI=1S/C23H29FO2/c1-4-5-14-25-20-10-7-18(8-11-20)19-9-13-22(26-15-19)21-12-6-16(2)17(3)23(21)24/h6-8,10-12,19,22H,4-5,9,13-15H2,1-3H3. The summed E-state index contributed by atoms with van der Waals surface area (Å²) in [5.41, 5.74) is 3.69. The minimum Gasteiger partial charge on any atom is -0.494 e. The molecule has 2 aromatic carbocycles. The topological polar surface area (TPSA) is 18.5 Å². The van der Waals surface area contributed by atoms with E-state index in [9.17, 15) is 4.39 Å². The highest BCUT2D eigenvalue weighted by Crippen LogP contribution is 2.37. The molecule has 0 aliphatic carbocycles. The Morgan fingerprint density at radius 3 is 2.50 bits per heavy atom. The van der Waals surface area contributed by atoms with Gasteiger partial charge in [0.25, 0.3) is 0 Å². The second-order valence-electron chi connectivity index (χ2n) is 7.28. The van der Waals surface area contributed by atoms with Crippen molar-refractivity contribution in [2.75, 3.05) is 13.2 Å². The van der Waals surface area contributed by atoms with Crippen LogP contribution in [0.1, 0.15) is 66.9 Å². The third-order valence-electron chi connectivity index (χ3n) is 5.43. The molecule has 26 heavy (non-hydrogen) atoms. The lowest BCUT2D eigenvalue weighted by Crippen LogP contribution is -2.20. The van der Waals surface area contributed by atoms with Crippen LogP contribution < -0.4 is 4.74 Å². The van der Waals surface area contributed by atoms with Crippen LogP contribution in [0.4, 0.5) is 4.39 Å². The summed E-state index contributed by atoms with van der Waals surface area (Å²) in [5, 5.41) is 0. The maximum atomic E-state index is 14.5. The molecule has 0 saturated carbocycles. The fourth-order valence-corrected chi connectivity index (χ4v) is 3.48. The van der Waals surface area contributed by atoms with E-state index in [1.54, 1.807) is 0 Å². The molecule has 0 N–H and O–H groups in total. The van der Waals surface area contributed by atoms with Crippen LogP contribution >= 0.6 is 0 Å². The summed E-state index contributed by atoms with van der Waals surface area (Å²) in [6.45, 7) is 7.34. The van der Waals surface area contributed by atoms with Crippen molar-refractivity contribution < 1.29 is 13.9 Å². The average Bonchev–Trinajstić information content (AvgIpc) is 2.67. The Morgan fingerprint density at radius 2 is 1.85 bits per heavy atom. The zero-order valence-corrected chi connectivity index (χ0v) is 16.1. The van der Waals surface area contributed by atoms with Crippen molar-refractivity contribution in [1.29, 1.82) is 0 Å². The van der Waals surface area contributed by atoms with Gasteiger partial charge in [-0.2, -0.15) is 0 Å². The Hall–Kier alpha value is -1.87. The van der Waals surface area contributed by atoms with Crippen molar-refractivity contribution in [3.05, 3.63) is 64.5 Å². The summed E-state index contributed by atoms with van der Waals surface area (Å²) in [4.78, 5) is 0. The highest BCUT2D eigenvalue weighted by Gasteiger charge is 2.26.